The number of nitrogens with one attached hydrogen (secondary N) is 3. The molecule has 0 fully saturated rings. The average Bonchev–Trinajstić information content (AvgIpc) is 2.72. The van der Waals surface area contributed by atoms with Crippen molar-refractivity contribution >= 4 is 40.6 Å². The Labute approximate surface area is 178 Å². The highest BCUT2D eigenvalue weighted by atomic mass is 35.5. The van der Waals surface area contributed by atoms with Crippen molar-refractivity contribution in [1.29, 1.82) is 0 Å². The Kier molecular flexibility index (Phi) is 5.58. The van der Waals surface area contributed by atoms with Gasteiger partial charge >= 0.3 is 0 Å². The van der Waals surface area contributed by atoms with Crippen LogP contribution in [0.5, 0.6) is 5.75 Å². The molecule has 154 valence electrons. The molecule has 0 aliphatic carbocycles. The third-order valence-corrected chi connectivity index (χ3v) is 5.07. The molecule has 0 spiro atoms. The summed E-state index contributed by atoms with van der Waals surface area (Å²) in [5, 5.41) is 10.0. The van der Waals surface area contributed by atoms with E-state index in [1.54, 1.807) is 0 Å². The average molecular weight is 425 g/mol. The first-order chi connectivity index (χ1) is 14.5. The maximum absolute atomic E-state index is 11.5. The zero-order chi connectivity index (χ0) is 21.1. The maximum atomic E-state index is 11.5. The number of carbonyl (C=O) groups excluding carboxylic acids is 1. The van der Waals surface area contributed by atoms with Gasteiger partial charge in [-0.1, -0.05) is 23.7 Å². The van der Waals surface area contributed by atoms with Gasteiger partial charge in [-0.05, 0) is 36.8 Å². The van der Waals surface area contributed by atoms with Gasteiger partial charge in [-0.25, -0.2) is 4.98 Å². The smallest absolute Gasteiger partial charge is 0.262 e. The summed E-state index contributed by atoms with van der Waals surface area (Å²) in [5.41, 5.74) is 10.00. The Balaban J connectivity index is 1.39. The third-order valence-electron chi connectivity index (χ3n) is 4.66. The topological polar surface area (TPSA) is 114 Å². The van der Waals surface area contributed by atoms with Gasteiger partial charge in [0.15, 0.2) is 6.61 Å². The second-order valence-electron chi connectivity index (χ2n) is 6.81. The minimum absolute atomic E-state index is 0.0441. The Morgan fingerprint density at radius 3 is 2.87 bits per heavy atom. The van der Waals surface area contributed by atoms with Crippen molar-refractivity contribution in [2.24, 2.45) is 0 Å². The number of ether oxygens (including phenoxy) is 1. The van der Waals surface area contributed by atoms with Crippen LogP contribution in [0, 0.1) is 6.92 Å². The summed E-state index contributed by atoms with van der Waals surface area (Å²) < 4.78 is 5.36. The number of hydrogen-bond donors (Lipinski definition) is 4. The van der Waals surface area contributed by atoms with Crippen LogP contribution >= 0.6 is 11.6 Å². The molecule has 2 heterocycles. The van der Waals surface area contributed by atoms with Gasteiger partial charge in [0.25, 0.3) is 5.91 Å². The lowest BCUT2D eigenvalue weighted by molar-refractivity contribution is -0.118. The van der Waals surface area contributed by atoms with Crippen LogP contribution < -0.4 is 26.4 Å². The fraction of sp³-hybridized carbons (Fsp3) is 0.190. The maximum Gasteiger partial charge on any atom is 0.262 e. The molecule has 4 rings (SSSR count). The molecule has 1 aliphatic heterocycles. The molecule has 9 heteroatoms. The van der Waals surface area contributed by atoms with Crippen LogP contribution in [0.3, 0.4) is 0 Å². The number of rotatable bonds is 6. The van der Waals surface area contributed by atoms with Crippen molar-refractivity contribution in [3.8, 4) is 17.0 Å². The molecule has 0 radical (unpaired) electrons. The standard InChI is InChI=1S/C21H21ClN6O2/c1-12-14(3-2-4-15(12)22)16-10-19(28-21(23)27-16)25-8-7-24-13-5-6-18-17(9-13)26-20(29)11-30-18/h2-6,9-10,24H,7-8,11H2,1H3,(H,26,29)(H3,23,25,27,28). The van der Waals surface area contributed by atoms with Crippen LogP contribution in [0.15, 0.2) is 42.5 Å². The van der Waals surface area contributed by atoms with E-state index in [0.29, 0.717) is 41.1 Å². The monoisotopic (exact) mass is 424 g/mol. The van der Waals surface area contributed by atoms with Gasteiger partial charge in [-0.2, -0.15) is 4.98 Å². The minimum atomic E-state index is -0.159. The molecule has 1 amide bonds. The normalized spacial score (nSPS) is 12.5. The first kappa shape index (κ1) is 19.8. The third kappa shape index (κ3) is 4.38. The lowest BCUT2D eigenvalue weighted by Crippen LogP contribution is -2.25. The number of carbonyl (C=O) groups is 1. The zero-order valence-electron chi connectivity index (χ0n) is 16.3. The molecule has 0 bridgehead atoms. The number of aromatic nitrogens is 2. The molecule has 0 saturated carbocycles. The summed E-state index contributed by atoms with van der Waals surface area (Å²) in [6.45, 7) is 3.22. The van der Waals surface area contributed by atoms with Crippen LogP contribution in [-0.4, -0.2) is 35.6 Å². The van der Waals surface area contributed by atoms with E-state index in [4.69, 9.17) is 22.1 Å². The summed E-state index contributed by atoms with van der Waals surface area (Å²) in [4.78, 5) is 20.0. The largest absolute Gasteiger partial charge is 0.482 e. The van der Waals surface area contributed by atoms with Crippen molar-refractivity contribution in [3.05, 3.63) is 53.1 Å². The molecule has 2 aromatic carbocycles. The van der Waals surface area contributed by atoms with E-state index in [9.17, 15) is 4.79 Å². The van der Waals surface area contributed by atoms with E-state index in [1.165, 1.54) is 0 Å². The Morgan fingerprint density at radius 2 is 2.00 bits per heavy atom. The molecular formula is C21H21ClN6O2. The second kappa shape index (κ2) is 8.46. The van der Waals surface area contributed by atoms with E-state index in [-0.39, 0.29) is 18.5 Å². The molecule has 5 N–H and O–H groups in total. The number of nitrogens with zero attached hydrogens (tertiary/aromatic N) is 2. The SMILES string of the molecule is Cc1c(Cl)cccc1-c1cc(NCCNc2ccc3c(c2)NC(=O)CO3)nc(N)n1. The van der Waals surface area contributed by atoms with Crippen LogP contribution in [0.2, 0.25) is 5.02 Å². The highest BCUT2D eigenvalue weighted by Gasteiger charge is 2.15. The molecule has 8 nitrogen and oxygen atoms in total. The van der Waals surface area contributed by atoms with Gasteiger partial charge in [0.1, 0.15) is 11.6 Å². The molecule has 0 atom stereocenters. The molecular weight excluding hydrogens is 404 g/mol. The first-order valence-corrected chi connectivity index (χ1v) is 9.82. The first-order valence-electron chi connectivity index (χ1n) is 9.44. The number of halogens is 1. The van der Waals surface area contributed by atoms with Crippen molar-refractivity contribution in [3.63, 3.8) is 0 Å². The molecule has 1 aromatic heterocycles. The Bertz CT molecular complexity index is 1100. The summed E-state index contributed by atoms with van der Waals surface area (Å²) in [6, 6.07) is 13.1. The predicted octanol–water partition coefficient (Wildman–Crippen LogP) is 3.54. The van der Waals surface area contributed by atoms with Crippen LogP contribution in [0.25, 0.3) is 11.3 Å². The van der Waals surface area contributed by atoms with Crippen molar-refractivity contribution in [1.82, 2.24) is 9.97 Å². The number of hydrogen-bond acceptors (Lipinski definition) is 7. The summed E-state index contributed by atoms with van der Waals surface area (Å²) in [7, 11) is 0. The quantitative estimate of drug-likeness (QED) is 0.447. The van der Waals surface area contributed by atoms with Gasteiger partial charge < -0.3 is 26.4 Å². The highest BCUT2D eigenvalue weighted by molar-refractivity contribution is 6.31. The predicted molar refractivity (Wildman–Crippen MR) is 119 cm³/mol. The van der Waals surface area contributed by atoms with Crippen molar-refractivity contribution in [2.75, 3.05) is 41.4 Å². The van der Waals surface area contributed by atoms with Crippen molar-refractivity contribution in [2.45, 2.75) is 6.92 Å². The van der Waals surface area contributed by atoms with Gasteiger partial charge in [0, 0.05) is 35.4 Å². The van der Waals surface area contributed by atoms with Gasteiger partial charge in [0.05, 0.1) is 11.4 Å². The van der Waals surface area contributed by atoms with E-state index in [0.717, 1.165) is 16.8 Å². The van der Waals surface area contributed by atoms with E-state index in [2.05, 4.69) is 25.9 Å². The number of anilines is 4. The fourth-order valence-electron chi connectivity index (χ4n) is 3.17. The Hall–Kier alpha value is -3.52. The van der Waals surface area contributed by atoms with Crippen molar-refractivity contribution < 1.29 is 9.53 Å². The van der Waals surface area contributed by atoms with Crippen LogP contribution in [0.1, 0.15) is 5.56 Å². The van der Waals surface area contributed by atoms with E-state index < -0.39 is 0 Å². The Morgan fingerprint density at radius 1 is 1.17 bits per heavy atom. The zero-order valence-corrected chi connectivity index (χ0v) is 17.1. The molecule has 1 aliphatic rings. The molecule has 30 heavy (non-hydrogen) atoms. The minimum Gasteiger partial charge on any atom is -0.482 e. The number of amides is 1. The number of fused-ring (bicyclic) bond motifs is 1. The van der Waals surface area contributed by atoms with Gasteiger partial charge in [-0.3, -0.25) is 4.79 Å². The lowest BCUT2D eigenvalue weighted by atomic mass is 10.1. The fourth-order valence-corrected chi connectivity index (χ4v) is 3.34. The molecule has 0 unspecified atom stereocenters. The molecule has 0 saturated heterocycles. The van der Waals surface area contributed by atoms with E-state index >= 15 is 0 Å². The number of nitrogen functional groups attached to an aromatic ring is 1. The van der Waals surface area contributed by atoms with Crippen LogP contribution in [0.4, 0.5) is 23.1 Å². The number of benzene rings is 2. The van der Waals surface area contributed by atoms with Crippen LogP contribution in [-0.2, 0) is 4.79 Å². The second-order valence-corrected chi connectivity index (χ2v) is 7.22. The van der Waals surface area contributed by atoms with E-state index in [1.807, 2.05) is 49.4 Å². The summed E-state index contributed by atoms with van der Waals surface area (Å²) in [5.74, 6) is 1.32. The molecule has 3 aromatic rings. The summed E-state index contributed by atoms with van der Waals surface area (Å²) >= 11 is 6.23. The number of nitrogens with two attached hydrogens (primary N) is 1. The summed E-state index contributed by atoms with van der Waals surface area (Å²) in [6.07, 6.45) is 0. The highest BCUT2D eigenvalue weighted by Crippen LogP contribution is 2.30. The lowest BCUT2D eigenvalue weighted by Gasteiger charge is -2.19. The van der Waals surface area contributed by atoms with Gasteiger partial charge in [-0.15, -0.1) is 0 Å². The van der Waals surface area contributed by atoms with Gasteiger partial charge in [0.2, 0.25) is 5.95 Å².